The molecule has 2 atom stereocenters. The van der Waals surface area contributed by atoms with Crippen LogP contribution in [-0.4, -0.2) is 35.9 Å². The minimum absolute atomic E-state index is 0.548. The fraction of sp³-hybridized carbons (Fsp3) is 0.647. The van der Waals surface area contributed by atoms with E-state index >= 15 is 0 Å². The van der Waals surface area contributed by atoms with E-state index in [1.807, 2.05) is 19.9 Å². The van der Waals surface area contributed by atoms with Crippen molar-refractivity contribution in [3.05, 3.63) is 18.2 Å². The molecule has 2 unspecified atom stereocenters. The monoisotopic (exact) mass is 288 g/mol. The maximum Gasteiger partial charge on any atom is 0.246 e. The van der Waals surface area contributed by atoms with Crippen molar-refractivity contribution in [1.29, 1.82) is 0 Å². The van der Waals surface area contributed by atoms with Gasteiger partial charge in [0.05, 0.1) is 0 Å². The molecular formula is C17H24N2O2. The molecular weight excluding hydrogens is 264 g/mol. The summed E-state index contributed by atoms with van der Waals surface area (Å²) >= 11 is 0. The van der Waals surface area contributed by atoms with Crippen LogP contribution in [-0.2, 0) is 0 Å². The molecule has 0 aliphatic carbocycles. The van der Waals surface area contributed by atoms with Crippen LogP contribution in [0.4, 0.5) is 5.69 Å². The average molecular weight is 288 g/mol. The predicted molar refractivity (Wildman–Crippen MR) is 83.0 cm³/mol. The Balaban J connectivity index is 1.47. The zero-order valence-electron chi connectivity index (χ0n) is 13.1. The van der Waals surface area contributed by atoms with Crippen LogP contribution in [0.5, 0.6) is 11.5 Å². The number of nitrogens with zero attached hydrogens (tertiary/aromatic N) is 1. The fourth-order valence-corrected chi connectivity index (χ4v) is 4.08. The third kappa shape index (κ3) is 2.35. The van der Waals surface area contributed by atoms with Crippen LogP contribution in [0.25, 0.3) is 0 Å². The lowest BCUT2D eigenvalue weighted by atomic mass is 9.98. The second-order valence-corrected chi connectivity index (χ2v) is 7.13. The van der Waals surface area contributed by atoms with Crippen molar-refractivity contribution in [2.45, 2.75) is 63.4 Å². The van der Waals surface area contributed by atoms with Gasteiger partial charge in [0.25, 0.3) is 0 Å². The number of rotatable bonds is 2. The number of hydrogen-bond acceptors (Lipinski definition) is 4. The Bertz CT molecular complexity index is 544. The number of nitrogens with one attached hydrogen (secondary N) is 1. The van der Waals surface area contributed by atoms with E-state index in [1.54, 1.807) is 0 Å². The van der Waals surface area contributed by atoms with E-state index in [9.17, 15) is 0 Å². The molecule has 2 fully saturated rings. The fourth-order valence-electron chi connectivity index (χ4n) is 4.08. The van der Waals surface area contributed by atoms with Crippen molar-refractivity contribution in [2.75, 3.05) is 12.4 Å². The number of hydrogen-bond donors (Lipinski definition) is 1. The summed E-state index contributed by atoms with van der Waals surface area (Å²) in [6, 6.07) is 8.28. The molecule has 4 heteroatoms. The molecule has 2 saturated heterocycles. The van der Waals surface area contributed by atoms with Gasteiger partial charge in [-0.3, -0.25) is 0 Å². The number of ether oxygens (including phenoxy) is 2. The molecule has 0 saturated carbocycles. The van der Waals surface area contributed by atoms with Crippen molar-refractivity contribution in [3.8, 4) is 11.5 Å². The minimum atomic E-state index is -0.548. The van der Waals surface area contributed by atoms with Gasteiger partial charge < -0.3 is 19.7 Å². The normalized spacial score (nSPS) is 33.2. The Kier molecular flexibility index (Phi) is 2.86. The third-order valence-corrected chi connectivity index (χ3v) is 5.12. The van der Waals surface area contributed by atoms with E-state index in [-0.39, 0.29) is 0 Å². The first-order chi connectivity index (χ1) is 10.00. The second kappa shape index (κ2) is 4.54. The third-order valence-electron chi connectivity index (χ3n) is 5.12. The van der Waals surface area contributed by atoms with E-state index in [0.717, 1.165) is 29.3 Å². The molecule has 21 heavy (non-hydrogen) atoms. The summed E-state index contributed by atoms with van der Waals surface area (Å²) in [6.07, 6.45) is 5.20. The van der Waals surface area contributed by atoms with E-state index in [0.29, 0.717) is 6.04 Å². The van der Waals surface area contributed by atoms with Gasteiger partial charge in [-0.1, -0.05) is 0 Å². The highest BCUT2D eigenvalue weighted by molar-refractivity contribution is 5.56. The average Bonchev–Trinajstić information content (AvgIpc) is 2.80. The first-order valence-corrected chi connectivity index (χ1v) is 8.01. The molecule has 4 rings (SSSR count). The first kappa shape index (κ1) is 13.3. The van der Waals surface area contributed by atoms with Crippen molar-refractivity contribution in [3.63, 3.8) is 0 Å². The quantitative estimate of drug-likeness (QED) is 0.906. The highest BCUT2D eigenvalue weighted by atomic mass is 16.7. The lowest BCUT2D eigenvalue weighted by Crippen LogP contribution is -2.44. The number of anilines is 1. The molecule has 1 N–H and O–H groups in total. The van der Waals surface area contributed by atoms with Crippen LogP contribution in [0.3, 0.4) is 0 Å². The number of piperidine rings is 1. The van der Waals surface area contributed by atoms with Crippen LogP contribution in [0.2, 0.25) is 0 Å². The molecule has 0 spiro atoms. The Morgan fingerprint density at radius 3 is 2.48 bits per heavy atom. The molecule has 114 valence electrons. The zero-order chi connectivity index (χ0) is 14.6. The molecule has 0 amide bonds. The molecule has 1 aromatic carbocycles. The van der Waals surface area contributed by atoms with Crippen molar-refractivity contribution >= 4 is 5.69 Å². The summed E-state index contributed by atoms with van der Waals surface area (Å²) in [7, 11) is 2.28. The van der Waals surface area contributed by atoms with Gasteiger partial charge >= 0.3 is 0 Å². The highest BCUT2D eigenvalue weighted by Crippen LogP contribution is 2.41. The number of benzene rings is 1. The van der Waals surface area contributed by atoms with Gasteiger partial charge in [-0.2, -0.15) is 0 Å². The maximum absolute atomic E-state index is 5.83. The molecule has 2 bridgehead atoms. The first-order valence-electron chi connectivity index (χ1n) is 8.01. The van der Waals surface area contributed by atoms with E-state index in [4.69, 9.17) is 9.47 Å². The summed E-state index contributed by atoms with van der Waals surface area (Å²) in [6.45, 7) is 3.88. The molecule has 3 aliphatic rings. The molecule has 3 heterocycles. The van der Waals surface area contributed by atoms with Crippen LogP contribution in [0, 0.1) is 0 Å². The van der Waals surface area contributed by atoms with Crippen molar-refractivity contribution in [2.24, 2.45) is 0 Å². The summed E-state index contributed by atoms with van der Waals surface area (Å²) < 4.78 is 11.6. The van der Waals surface area contributed by atoms with Gasteiger partial charge in [0, 0.05) is 43.7 Å². The van der Waals surface area contributed by atoms with Crippen molar-refractivity contribution in [1.82, 2.24) is 4.90 Å². The van der Waals surface area contributed by atoms with E-state index < -0.39 is 5.79 Å². The Hall–Kier alpha value is -1.42. The predicted octanol–water partition coefficient (Wildman–Crippen LogP) is 3.23. The van der Waals surface area contributed by atoms with Gasteiger partial charge in [0.15, 0.2) is 11.5 Å². The van der Waals surface area contributed by atoms with Crippen LogP contribution in [0.1, 0.15) is 39.5 Å². The highest BCUT2D eigenvalue weighted by Gasteiger charge is 2.38. The van der Waals surface area contributed by atoms with Gasteiger partial charge in [-0.15, -0.1) is 0 Å². The van der Waals surface area contributed by atoms with E-state index in [2.05, 4.69) is 29.4 Å². The SMILES string of the molecule is CN1C2CCC1CC(Nc1ccc3c(c1)OC(C)(C)O3)C2. The Labute approximate surface area is 126 Å². The maximum atomic E-state index is 5.83. The summed E-state index contributed by atoms with van der Waals surface area (Å²) in [5.41, 5.74) is 1.14. The lowest BCUT2D eigenvalue weighted by molar-refractivity contribution is -0.0431. The van der Waals surface area contributed by atoms with Crippen LogP contribution in [0.15, 0.2) is 18.2 Å². The van der Waals surface area contributed by atoms with Gasteiger partial charge in [0.2, 0.25) is 5.79 Å². The van der Waals surface area contributed by atoms with Crippen molar-refractivity contribution < 1.29 is 9.47 Å². The molecule has 0 aromatic heterocycles. The largest absolute Gasteiger partial charge is 0.449 e. The smallest absolute Gasteiger partial charge is 0.246 e. The summed E-state index contributed by atoms with van der Waals surface area (Å²) in [5.74, 6) is 1.14. The standard InChI is InChI=1S/C17H24N2O2/c1-17(2)20-15-7-4-11(10-16(15)21-17)18-12-8-13-5-6-14(9-12)19(13)3/h4,7,10,12-14,18H,5-6,8-9H2,1-3H3. The molecule has 1 aromatic rings. The Morgan fingerprint density at radius 2 is 1.76 bits per heavy atom. The molecule has 4 nitrogen and oxygen atoms in total. The van der Waals surface area contributed by atoms with Gasteiger partial charge in [-0.25, -0.2) is 0 Å². The lowest BCUT2D eigenvalue weighted by Gasteiger charge is -2.37. The summed E-state index contributed by atoms with van der Waals surface area (Å²) in [5, 5.41) is 3.70. The zero-order valence-corrected chi connectivity index (χ0v) is 13.1. The number of fused-ring (bicyclic) bond motifs is 3. The molecule has 0 radical (unpaired) electrons. The summed E-state index contributed by atoms with van der Waals surface area (Å²) in [4.78, 5) is 2.57. The minimum Gasteiger partial charge on any atom is -0.449 e. The van der Waals surface area contributed by atoms with Crippen LogP contribution >= 0.6 is 0 Å². The second-order valence-electron chi connectivity index (χ2n) is 7.13. The molecule has 3 aliphatic heterocycles. The van der Waals surface area contributed by atoms with E-state index in [1.165, 1.54) is 25.7 Å². The topological polar surface area (TPSA) is 33.7 Å². The van der Waals surface area contributed by atoms with Crippen LogP contribution < -0.4 is 14.8 Å². The van der Waals surface area contributed by atoms with Gasteiger partial charge in [0.1, 0.15) is 0 Å². The van der Waals surface area contributed by atoms with Gasteiger partial charge in [-0.05, 0) is 44.9 Å². The Morgan fingerprint density at radius 1 is 1.10 bits per heavy atom.